The smallest absolute Gasteiger partial charge is 0.410 e. The normalized spacial score (nSPS) is 11.6. The van der Waals surface area contributed by atoms with E-state index in [-0.39, 0.29) is 25.5 Å². The minimum Gasteiger partial charge on any atom is -0.492 e. The average Bonchev–Trinajstić information content (AvgIpc) is 2.97. The summed E-state index contributed by atoms with van der Waals surface area (Å²) in [7, 11) is 0. The number of amides is 1. The molecular weight excluding hydrogens is 517 g/mol. The van der Waals surface area contributed by atoms with E-state index >= 15 is 0 Å². The molecule has 0 aliphatic heterocycles. The maximum absolute atomic E-state index is 13.1. The van der Waals surface area contributed by atoms with Crippen LogP contribution in [0, 0.1) is 5.82 Å². The molecule has 1 atom stereocenters. The van der Waals surface area contributed by atoms with Crippen LogP contribution in [-0.2, 0) is 38.6 Å². The van der Waals surface area contributed by atoms with Crippen LogP contribution in [0.2, 0.25) is 0 Å². The van der Waals surface area contributed by atoms with Crippen molar-refractivity contribution in [3.8, 4) is 5.75 Å². The number of carboxylic acid groups (broad SMARTS) is 1. The Morgan fingerprint density at radius 2 is 1.52 bits per heavy atom. The van der Waals surface area contributed by atoms with E-state index in [1.54, 1.807) is 48.2 Å². The molecule has 1 N–H and O–H groups in total. The van der Waals surface area contributed by atoms with E-state index in [2.05, 4.69) is 0 Å². The van der Waals surface area contributed by atoms with Gasteiger partial charge in [-0.05, 0) is 54.3 Å². The van der Waals surface area contributed by atoms with Crippen molar-refractivity contribution in [3.05, 3.63) is 101 Å². The highest BCUT2D eigenvalue weighted by atomic mass is 19.1. The summed E-state index contributed by atoms with van der Waals surface area (Å²) in [6, 6.07) is 22.7. The maximum Gasteiger partial charge on any atom is 0.410 e. The highest BCUT2D eigenvalue weighted by molar-refractivity contribution is 5.72. The van der Waals surface area contributed by atoms with E-state index in [1.807, 2.05) is 30.3 Å². The fraction of sp³-hybridized carbons (Fsp3) is 0.355. The van der Waals surface area contributed by atoms with Crippen molar-refractivity contribution in [2.75, 3.05) is 32.9 Å². The summed E-state index contributed by atoms with van der Waals surface area (Å²) in [5, 5.41) is 9.28. The number of hydrogen-bond donors (Lipinski definition) is 1. The Morgan fingerprint density at radius 3 is 2.20 bits per heavy atom. The van der Waals surface area contributed by atoms with E-state index in [1.165, 1.54) is 12.1 Å². The second-order valence-corrected chi connectivity index (χ2v) is 9.04. The molecule has 214 valence electrons. The Bertz CT molecular complexity index is 1160. The molecule has 8 nitrogen and oxygen atoms in total. The van der Waals surface area contributed by atoms with Gasteiger partial charge in [0.1, 0.15) is 24.8 Å². The van der Waals surface area contributed by atoms with Crippen molar-refractivity contribution in [2.45, 2.75) is 39.1 Å². The molecule has 0 radical (unpaired) electrons. The second-order valence-electron chi connectivity index (χ2n) is 9.04. The van der Waals surface area contributed by atoms with Crippen LogP contribution in [0.3, 0.4) is 0 Å². The summed E-state index contributed by atoms with van der Waals surface area (Å²) < 4.78 is 35.4. The third kappa shape index (κ3) is 11.0. The van der Waals surface area contributed by atoms with E-state index in [9.17, 15) is 19.1 Å². The topological polar surface area (TPSA) is 94.5 Å². The van der Waals surface area contributed by atoms with Crippen molar-refractivity contribution in [1.82, 2.24) is 4.90 Å². The standard InChI is InChI=1S/C31H36FNO7/c1-2-38-29(30(34)35)21-24-11-15-28(16-12-24)39-20-18-33(31(36)40-23-25-7-4-3-5-8-25)17-6-19-37-22-26-9-13-27(32)14-10-26/h3-5,7-16,29H,2,6,17-23H2,1H3,(H,34,35). The molecular formula is C31H36FNO7. The number of halogens is 1. The van der Waals surface area contributed by atoms with Gasteiger partial charge in [0.2, 0.25) is 0 Å². The van der Waals surface area contributed by atoms with E-state index in [0.29, 0.717) is 45.1 Å². The number of rotatable bonds is 17. The number of carbonyl (C=O) groups excluding carboxylic acids is 1. The summed E-state index contributed by atoms with van der Waals surface area (Å²) in [6.07, 6.45) is -0.502. The lowest BCUT2D eigenvalue weighted by Gasteiger charge is -2.22. The third-order valence-electron chi connectivity index (χ3n) is 5.98. The zero-order chi connectivity index (χ0) is 28.6. The van der Waals surface area contributed by atoms with Gasteiger partial charge in [-0.15, -0.1) is 0 Å². The van der Waals surface area contributed by atoms with Crippen LogP contribution in [0.5, 0.6) is 5.75 Å². The monoisotopic (exact) mass is 553 g/mol. The zero-order valence-electron chi connectivity index (χ0n) is 22.7. The van der Waals surface area contributed by atoms with Gasteiger partial charge in [-0.3, -0.25) is 0 Å². The molecule has 0 saturated carbocycles. The number of benzene rings is 3. The second kappa shape index (κ2) is 16.9. The average molecular weight is 554 g/mol. The van der Waals surface area contributed by atoms with Crippen LogP contribution >= 0.6 is 0 Å². The van der Waals surface area contributed by atoms with Gasteiger partial charge >= 0.3 is 12.1 Å². The van der Waals surface area contributed by atoms with Crippen LogP contribution in [0.25, 0.3) is 0 Å². The van der Waals surface area contributed by atoms with Gasteiger partial charge in [-0.2, -0.15) is 0 Å². The molecule has 0 heterocycles. The molecule has 3 rings (SSSR count). The van der Waals surface area contributed by atoms with Crippen LogP contribution < -0.4 is 4.74 Å². The zero-order valence-corrected chi connectivity index (χ0v) is 22.7. The van der Waals surface area contributed by atoms with Gasteiger partial charge in [0.05, 0.1) is 13.2 Å². The first-order chi connectivity index (χ1) is 19.4. The summed E-state index contributed by atoms with van der Waals surface area (Å²) in [5.74, 6) is -0.686. The highest BCUT2D eigenvalue weighted by Crippen LogP contribution is 2.15. The Morgan fingerprint density at radius 1 is 0.850 bits per heavy atom. The summed E-state index contributed by atoms with van der Waals surface area (Å²) in [6.45, 7) is 3.98. The summed E-state index contributed by atoms with van der Waals surface area (Å²) in [5.41, 5.74) is 2.58. The Labute approximate surface area is 234 Å². The minimum absolute atomic E-state index is 0.165. The van der Waals surface area contributed by atoms with Crippen LogP contribution in [0.1, 0.15) is 30.0 Å². The lowest BCUT2D eigenvalue weighted by molar-refractivity contribution is -0.149. The minimum atomic E-state index is -0.998. The first-order valence-electron chi connectivity index (χ1n) is 13.3. The molecule has 3 aromatic rings. The van der Waals surface area contributed by atoms with Crippen molar-refractivity contribution >= 4 is 12.1 Å². The number of carboxylic acids is 1. The van der Waals surface area contributed by atoms with Crippen LogP contribution in [0.4, 0.5) is 9.18 Å². The molecule has 0 spiro atoms. The van der Waals surface area contributed by atoms with Gasteiger partial charge in [0.15, 0.2) is 6.10 Å². The van der Waals surface area contributed by atoms with E-state index in [4.69, 9.17) is 18.9 Å². The summed E-state index contributed by atoms with van der Waals surface area (Å²) in [4.78, 5) is 25.7. The Kier molecular flexibility index (Phi) is 12.9. The van der Waals surface area contributed by atoms with Crippen LogP contribution in [0.15, 0.2) is 78.9 Å². The first kappa shape index (κ1) is 30.6. The highest BCUT2D eigenvalue weighted by Gasteiger charge is 2.18. The number of nitrogens with zero attached hydrogens (tertiary/aromatic N) is 1. The number of carbonyl (C=O) groups is 2. The molecule has 0 bridgehead atoms. The maximum atomic E-state index is 13.1. The molecule has 0 aromatic heterocycles. The SMILES string of the molecule is CCOC(Cc1ccc(OCCN(CCCOCc2ccc(F)cc2)C(=O)OCc2ccccc2)cc1)C(=O)O. The van der Waals surface area contributed by atoms with Gasteiger partial charge in [0, 0.05) is 26.2 Å². The number of ether oxygens (including phenoxy) is 4. The lowest BCUT2D eigenvalue weighted by Crippen LogP contribution is -2.36. The molecule has 40 heavy (non-hydrogen) atoms. The fourth-order valence-corrected chi connectivity index (χ4v) is 3.86. The third-order valence-corrected chi connectivity index (χ3v) is 5.98. The first-order valence-corrected chi connectivity index (χ1v) is 13.3. The Balaban J connectivity index is 1.48. The van der Waals surface area contributed by atoms with E-state index in [0.717, 1.165) is 16.7 Å². The Hall–Kier alpha value is -3.95. The fourth-order valence-electron chi connectivity index (χ4n) is 3.86. The largest absolute Gasteiger partial charge is 0.492 e. The predicted octanol–water partition coefficient (Wildman–Crippen LogP) is 5.48. The molecule has 0 aliphatic rings. The number of aliphatic carboxylic acids is 1. The van der Waals surface area contributed by atoms with Gasteiger partial charge in [-0.25, -0.2) is 14.0 Å². The molecule has 0 fully saturated rings. The summed E-state index contributed by atoms with van der Waals surface area (Å²) >= 11 is 0. The van der Waals surface area contributed by atoms with Crippen molar-refractivity contribution in [2.24, 2.45) is 0 Å². The van der Waals surface area contributed by atoms with Crippen molar-refractivity contribution < 1.29 is 38.0 Å². The van der Waals surface area contributed by atoms with Gasteiger partial charge in [-0.1, -0.05) is 54.6 Å². The van der Waals surface area contributed by atoms with Crippen molar-refractivity contribution in [3.63, 3.8) is 0 Å². The molecule has 0 saturated heterocycles. The molecule has 3 aromatic carbocycles. The van der Waals surface area contributed by atoms with Crippen molar-refractivity contribution in [1.29, 1.82) is 0 Å². The lowest BCUT2D eigenvalue weighted by atomic mass is 10.1. The molecule has 1 unspecified atom stereocenters. The molecule has 9 heteroatoms. The van der Waals surface area contributed by atoms with Crippen LogP contribution in [-0.4, -0.2) is 61.1 Å². The molecule has 1 amide bonds. The van der Waals surface area contributed by atoms with Gasteiger partial charge < -0.3 is 29.0 Å². The quantitative estimate of drug-likeness (QED) is 0.221. The predicted molar refractivity (Wildman–Crippen MR) is 148 cm³/mol. The molecule has 0 aliphatic carbocycles. The number of hydrogen-bond acceptors (Lipinski definition) is 6. The van der Waals surface area contributed by atoms with E-state index < -0.39 is 18.2 Å². The van der Waals surface area contributed by atoms with Gasteiger partial charge in [0.25, 0.3) is 0 Å².